The van der Waals surface area contributed by atoms with Crippen LogP contribution in [0, 0.1) is 5.92 Å². The van der Waals surface area contributed by atoms with E-state index >= 15 is 0 Å². The maximum absolute atomic E-state index is 13.5. The van der Waals surface area contributed by atoms with Gasteiger partial charge >= 0.3 is 6.18 Å². The maximum atomic E-state index is 13.5. The Kier molecular flexibility index (Phi) is 7.00. The topological polar surface area (TPSA) is 66.5 Å². The van der Waals surface area contributed by atoms with E-state index in [9.17, 15) is 26.4 Å². The fourth-order valence-corrected chi connectivity index (χ4v) is 5.04. The molecular weight excluding hydrogens is 441 g/mol. The number of sulfonamides is 1. The molecule has 2 aromatic carbocycles. The van der Waals surface area contributed by atoms with Crippen LogP contribution in [-0.2, 0) is 27.4 Å². The highest BCUT2D eigenvalue weighted by Crippen LogP contribution is 2.37. The van der Waals surface area contributed by atoms with Gasteiger partial charge in [0.1, 0.15) is 0 Å². The number of rotatable bonds is 6. The average molecular weight is 469 g/mol. The smallest absolute Gasteiger partial charge is 0.337 e. The Hall–Kier alpha value is -2.39. The molecule has 0 unspecified atom stereocenters. The summed E-state index contributed by atoms with van der Waals surface area (Å²) in [5.74, 6) is -0.328. The Balaban J connectivity index is 1.95. The van der Waals surface area contributed by atoms with Gasteiger partial charge in [-0.2, -0.15) is 13.2 Å². The molecule has 1 saturated heterocycles. The molecule has 9 heteroatoms. The third kappa shape index (κ3) is 5.69. The van der Waals surface area contributed by atoms with Crippen molar-refractivity contribution < 1.29 is 26.4 Å². The van der Waals surface area contributed by atoms with Crippen LogP contribution in [0.15, 0.2) is 48.5 Å². The average Bonchev–Trinajstić information content (AvgIpc) is 3.07. The third-order valence-corrected chi connectivity index (χ3v) is 6.33. The van der Waals surface area contributed by atoms with Gasteiger partial charge in [-0.1, -0.05) is 56.3 Å². The Morgan fingerprint density at radius 1 is 1.16 bits per heavy atom. The van der Waals surface area contributed by atoms with E-state index < -0.39 is 33.8 Å². The zero-order valence-corrected chi connectivity index (χ0v) is 19.0. The quantitative estimate of drug-likeness (QED) is 0.695. The lowest BCUT2D eigenvalue weighted by Crippen LogP contribution is -2.48. The summed E-state index contributed by atoms with van der Waals surface area (Å²) in [6, 6.07) is 11.3. The van der Waals surface area contributed by atoms with Gasteiger partial charge in [-0.3, -0.25) is 4.79 Å². The third-order valence-electron chi connectivity index (χ3n) is 5.60. The van der Waals surface area contributed by atoms with Crippen molar-refractivity contribution in [3.63, 3.8) is 0 Å². The Labute approximate surface area is 186 Å². The molecule has 174 valence electrons. The zero-order valence-electron chi connectivity index (χ0n) is 18.2. The summed E-state index contributed by atoms with van der Waals surface area (Å²) < 4.78 is 66.7. The lowest BCUT2D eigenvalue weighted by atomic mass is 9.94. The van der Waals surface area contributed by atoms with Gasteiger partial charge in [0.2, 0.25) is 15.9 Å². The van der Waals surface area contributed by atoms with E-state index in [2.05, 4.69) is 4.72 Å². The second kappa shape index (κ2) is 9.23. The van der Waals surface area contributed by atoms with Gasteiger partial charge in [0.05, 0.1) is 17.9 Å². The molecule has 1 heterocycles. The molecule has 5 nitrogen and oxygen atoms in total. The van der Waals surface area contributed by atoms with Crippen LogP contribution in [0.3, 0.4) is 0 Å². The minimum absolute atomic E-state index is 0.0774. The van der Waals surface area contributed by atoms with Crippen molar-refractivity contribution in [2.45, 2.75) is 44.9 Å². The Morgan fingerprint density at radius 2 is 1.84 bits per heavy atom. The van der Waals surface area contributed by atoms with Crippen LogP contribution in [0.1, 0.15) is 31.4 Å². The summed E-state index contributed by atoms with van der Waals surface area (Å²) in [6.45, 7) is 3.99. The van der Waals surface area contributed by atoms with E-state index in [1.54, 1.807) is 49.1 Å². The van der Waals surface area contributed by atoms with Crippen LogP contribution in [0.2, 0.25) is 0 Å². The summed E-state index contributed by atoms with van der Waals surface area (Å²) in [5, 5.41) is 0. The molecule has 0 spiro atoms. The van der Waals surface area contributed by atoms with Crippen LogP contribution >= 0.6 is 0 Å². The van der Waals surface area contributed by atoms with Gasteiger partial charge in [-0.05, 0) is 35.6 Å². The predicted octanol–water partition coefficient (Wildman–Crippen LogP) is 4.09. The molecule has 0 saturated carbocycles. The molecule has 1 amide bonds. The molecular formula is C23H27F3N2O3S. The molecule has 1 fully saturated rings. The first-order valence-corrected chi connectivity index (χ1v) is 12.3. The molecule has 0 aliphatic carbocycles. The minimum atomic E-state index is -4.48. The van der Waals surface area contributed by atoms with E-state index in [0.717, 1.165) is 17.9 Å². The molecule has 32 heavy (non-hydrogen) atoms. The summed E-state index contributed by atoms with van der Waals surface area (Å²) in [6.07, 6.45) is -2.60. The molecule has 1 aliphatic rings. The molecule has 1 N–H and O–H groups in total. The second-order valence-electron chi connectivity index (χ2n) is 8.49. The number of halogens is 3. The first kappa shape index (κ1) is 24.3. The van der Waals surface area contributed by atoms with Gasteiger partial charge in [0, 0.05) is 18.5 Å². The van der Waals surface area contributed by atoms with Gasteiger partial charge in [-0.25, -0.2) is 13.1 Å². The highest BCUT2D eigenvalue weighted by molar-refractivity contribution is 7.88. The molecule has 0 bridgehead atoms. The Morgan fingerprint density at radius 3 is 2.47 bits per heavy atom. The van der Waals surface area contributed by atoms with Gasteiger partial charge in [0.15, 0.2) is 0 Å². The molecule has 2 aromatic rings. The number of alkyl halides is 3. The zero-order chi connectivity index (χ0) is 23.7. The van der Waals surface area contributed by atoms with Crippen molar-refractivity contribution in [2.75, 3.05) is 12.8 Å². The number of hydrogen-bond acceptors (Lipinski definition) is 3. The van der Waals surface area contributed by atoms with Crippen LogP contribution in [0.4, 0.5) is 13.2 Å². The molecule has 3 rings (SSSR count). The highest BCUT2D eigenvalue weighted by atomic mass is 32.2. The lowest BCUT2D eigenvalue weighted by Gasteiger charge is -2.30. The van der Waals surface area contributed by atoms with Gasteiger partial charge in [-0.15, -0.1) is 0 Å². The normalized spacial score (nSPS) is 19.5. The van der Waals surface area contributed by atoms with Crippen molar-refractivity contribution in [1.29, 1.82) is 0 Å². The first-order chi connectivity index (χ1) is 14.9. The van der Waals surface area contributed by atoms with Crippen molar-refractivity contribution in [2.24, 2.45) is 5.92 Å². The van der Waals surface area contributed by atoms with Crippen molar-refractivity contribution in [3.8, 4) is 11.1 Å². The number of nitrogens with zero attached hydrogens (tertiary/aromatic N) is 1. The Bertz CT molecular complexity index is 1080. The number of benzene rings is 2. The summed E-state index contributed by atoms with van der Waals surface area (Å²) in [4.78, 5) is 14.4. The standard InChI is InChI=1S/C23H27F3N2O3S/c1-15(2)22(29)28-12-11-20(27-32(3,30)31)21(28)14-16-7-6-8-17(13-16)18-9-4-5-10-19(18)23(24,25)26/h4-10,13,15,20-21,27H,11-12,14H2,1-3H3/t20-,21-/m1/s1. The highest BCUT2D eigenvalue weighted by Gasteiger charge is 2.39. The predicted molar refractivity (Wildman–Crippen MR) is 117 cm³/mol. The van der Waals surface area contributed by atoms with Crippen LogP contribution in [0.5, 0.6) is 0 Å². The van der Waals surface area contributed by atoms with Gasteiger partial charge in [0.25, 0.3) is 0 Å². The van der Waals surface area contributed by atoms with Crippen LogP contribution < -0.4 is 4.72 Å². The number of nitrogens with one attached hydrogen (secondary N) is 1. The van der Waals surface area contributed by atoms with E-state index in [1.807, 2.05) is 0 Å². The minimum Gasteiger partial charge on any atom is -0.337 e. The fourth-order valence-electron chi connectivity index (χ4n) is 4.21. The number of carbonyl (C=O) groups excluding carboxylic acids is 1. The molecule has 0 radical (unpaired) electrons. The number of likely N-dealkylation sites (tertiary alicyclic amines) is 1. The first-order valence-electron chi connectivity index (χ1n) is 10.4. The van der Waals surface area contributed by atoms with Crippen LogP contribution in [-0.4, -0.2) is 44.1 Å². The van der Waals surface area contributed by atoms with E-state index in [-0.39, 0.29) is 17.4 Å². The van der Waals surface area contributed by atoms with E-state index in [4.69, 9.17) is 0 Å². The maximum Gasteiger partial charge on any atom is 0.417 e. The summed E-state index contributed by atoms with van der Waals surface area (Å²) in [7, 11) is -3.49. The number of carbonyl (C=O) groups is 1. The lowest BCUT2D eigenvalue weighted by molar-refractivity contribution is -0.137. The second-order valence-corrected chi connectivity index (χ2v) is 10.3. The number of hydrogen-bond donors (Lipinski definition) is 1. The largest absolute Gasteiger partial charge is 0.417 e. The SMILES string of the molecule is CC(C)C(=O)N1CC[C@@H](NS(C)(=O)=O)[C@H]1Cc1cccc(-c2ccccc2C(F)(F)F)c1. The van der Waals surface area contributed by atoms with Crippen molar-refractivity contribution in [3.05, 3.63) is 59.7 Å². The number of amides is 1. The summed E-state index contributed by atoms with van der Waals surface area (Å²) >= 11 is 0. The molecule has 0 aromatic heterocycles. The fraction of sp³-hybridized carbons (Fsp3) is 0.435. The summed E-state index contributed by atoms with van der Waals surface area (Å²) in [5.41, 5.74) is 0.511. The molecule has 1 aliphatic heterocycles. The van der Waals surface area contributed by atoms with E-state index in [1.165, 1.54) is 12.1 Å². The molecule has 2 atom stereocenters. The monoisotopic (exact) mass is 468 g/mol. The van der Waals surface area contributed by atoms with Gasteiger partial charge < -0.3 is 4.90 Å². The van der Waals surface area contributed by atoms with E-state index in [0.29, 0.717) is 24.9 Å². The van der Waals surface area contributed by atoms with Crippen molar-refractivity contribution >= 4 is 15.9 Å². The van der Waals surface area contributed by atoms with Crippen LogP contribution in [0.25, 0.3) is 11.1 Å². The van der Waals surface area contributed by atoms with Crippen molar-refractivity contribution in [1.82, 2.24) is 9.62 Å².